The highest BCUT2D eigenvalue weighted by Crippen LogP contribution is 2.22. The summed E-state index contributed by atoms with van der Waals surface area (Å²) in [7, 11) is 0. The number of aromatic carboxylic acids is 1. The number of benzene rings is 2. The maximum atomic E-state index is 11.1. The molecule has 2 rings (SSSR count). The van der Waals surface area contributed by atoms with E-state index < -0.39 is 5.97 Å². The zero-order valence-corrected chi connectivity index (χ0v) is 13.2. The molecule has 0 aliphatic carbocycles. The van der Waals surface area contributed by atoms with Gasteiger partial charge in [0.05, 0.1) is 24.5 Å². The van der Waals surface area contributed by atoms with Crippen LogP contribution in [0.25, 0.3) is 0 Å². The molecule has 0 aliphatic rings. The highest BCUT2D eigenvalue weighted by molar-refractivity contribution is 5.93. The summed E-state index contributed by atoms with van der Waals surface area (Å²) in [5, 5.41) is 9.10. The monoisotopic (exact) mass is 313 g/mol. The van der Waals surface area contributed by atoms with E-state index in [2.05, 4.69) is 4.99 Å². The first kappa shape index (κ1) is 16.5. The van der Waals surface area contributed by atoms with Crippen LogP contribution in [0, 0.1) is 0 Å². The highest BCUT2D eigenvalue weighted by atomic mass is 16.5. The van der Waals surface area contributed by atoms with Crippen molar-refractivity contribution in [3.8, 4) is 11.5 Å². The Labute approximate surface area is 135 Å². The number of hydrogen-bond acceptors (Lipinski definition) is 4. The first-order chi connectivity index (χ1) is 11.1. The third-order valence-corrected chi connectivity index (χ3v) is 3.06. The molecule has 0 saturated heterocycles. The van der Waals surface area contributed by atoms with Crippen LogP contribution in [0.2, 0.25) is 0 Å². The van der Waals surface area contributed by atoms with Crippen molar-refractivity contribution in [2.45, 2.75) is 13.8 Å². The van der Waals surface area contributed by atoms with Crippen LogP contribution in [0.3, 0.4) is 0 Å². The molecule has 0 unspecified atom stereocenters. The Balaban J connectivity index is 2.25. The number of rotatable bonds is 7. The molecule has 5 heteroatoms. The zero-order valence-electron chi connectivity index (χ0n) is 13.2. The smallest absolute Gasteiger partial charge is 0.335 e. The van der Waals surface area contributed by atoms with Gasteiger partial charge in [0.1, 0.15) is 11.5 Å². The lowest BCUT2D eigenvalue weighted by atomic mass is 10.1. The number of carboxylic acid groups (broad SMARTS) is 1. The van der Waals surface area contributed by atoms with Crippen LogP contribution in [0.1, 0.15) is 29.8 Å². The van der Waals surface area contributed by atoms with Gasteiger partial charge in [0.2, 0.25) is 0 Å². The third-order valence-electron chi connectivity index (χ3n) is 3.06. The molecule has 2 aromatic rings. The fraction of sp³-hybridized carbons (Fsp3) is 0.222. The van der Waals surface area contributed by atoms with E-state index in [1.54, 1.807) is 18.3 Å². The molecule has 0 atom stereocenters. The van der Waals surface area contributed by atoms with Gasteiger partial charge in [0.15, 0.2) is 0 Å². The van der Waals surface area contributed by atoms with Crippen LogP contribution in [0.5, 0.6) is 11.5 Å². The Morgan fingerprint density at radius 2 is 1.78 bits per heavy atom. The van der Waals surface area contributed by atoms with E-state index >= 15 is 0 Å². The lowest BCUT2D eigenvalue weighted by Crippen LogP contribution is -2.01. The lowest BCUT2D eigenvalue weighted by Gasteiger charge is -2.07. The van der Waals surface area contributed by atoms with Gasteiger partial charge in [-0.05, 0) is 56.3 Å². The lowest BCUT2D eigenvalue weighted by molar-refractivity contribution is 0.0697. The Morgan fingerprint density at radius 1 is 1.09 bits per heavy atom. The Morgan fingerprint density at radius 3 is 2.39 bits per heavy atom. The molecule has 0 aromatic heterocycles. The van der Waals surface area contributed by atoms with Crippen LogP contribution >= 0.6 is 0 Å². The molecule has 2 aromatic carbocycles. The van der Waals surface area contributed by atoms with Crippen LogP contribution in [0.4, 0.5) is 5.69 Å². The van der Waals surface area contributed by atoms with Gasteiger partial charge >= 0.3 is 5.97 Å². The zero-order chi connectivity index (χ0) is 16.7. The van der Waals surface area contributed by atoms with Gasteiger partial charge in [-0.3, -0.25) is 4.99 Å². The molecular formula is C18H19NO4. The maximum absolute atomic E-state index is 11.1. The van der Waals surface area contributed by atoms with Gasteiger partial charge in [-0.25, -0.2) is 4.79 Å². The van der Waals surface area contributed by atoms with Crippen molar-refractivity contribution in [1.82, 2.24) is 0 Å². The summed E-state index contributed by atoms with van der Waals surface area (Å²) in [4.78, 5) is 15.5. The minimum absolute atomic E-state index is 0.196. The molecular weight excluding hydrogens is 294 g/mol. The molecule has 0 amide bonds. The number of ether oxygens (including phenoxy) is 2. The minimum atomic E-state index is -0.983. The predicted molar refractivity (Wildman–Crippen MR) is 89.4 cm³/mol. The van der Waals surface area contributed by atoms with E-state index in [4.69, 9.17) is 14.6 Å². The quantitative estimate of drug-likeness (QED) is 0.786. The summed E-state index contributed by atoms with van der Waals surface area (Å²) in [6.07, 6.45) is 1.60. The number of carboxylic acids is 1. The summed E-state index contributed by atoms with van der Waals surface area (Å²) >= 11 is 0. The summed E-state index contributed by atoms with van der Waals surface area (Å²) in [5.74, 6) is 0.408. The van der Waals surface area contributed by atoms with Gasteiger partial charge < -0.3 is 14.6 Å². The Bertz CT molecular complexity index is 693. The van der Waals surface area contributed by atoms with Crippen molar-refractivity contribution in [3.05, 3.63) is 53.6 Å². The van der Waals surface area contributed by atoms with Crippen LogP contribution in [0.15, 0.2) is 47.5 Å². The SMILES string of the molecule is CCOc1ccc(N=Cc2cc(C(=O)O)ccc2OCC)cc1. The summed E-state index contributed by atoms with van der Waals surface area (Å²) in [6, 6.07) is 12.1. The van der Waals surface area contributed by atoms with E-state index in [-0.39, 0.29) is 5.56 Å². The van der Waals surface area contributed by atoms with Crippen LogP contribution in [-0.2, 0) is 0 Å². The van der Waals surface area contributed by atoms with E-state index in [9.17, 15) is 4.79 Å². The minimum Gasteiger partial charge on any atom is -0.494 e. The fourth-order valence-electron chi connectivity index (χ4n) is 2.01. The van der Waals surface area contributed by atoms with Gasteiger partial charge in [0, 0.05) is 11.8 Å². The van der Waals surface area contributed by atoms with Crippen molar-refractivity contribution in [2.24, 2.45) is 4.99 Å². The van der Waals surface area contributed by atoms with E-state index in [0.29, 0.717) is 24.5 Å². The Kier molecular flexibility index (Phi) is 5.74. The molecule has 0 saturated carbocycles. The van der Waals surface area contributed by atoms with Crippen molar-refractivity contribution in [2.75, 3.05) is 13.2 Å². The summed E-state index contributed by atoms with van der Waals surface area (Å²) < 4.78 is 10.9. The van der Waals surface area contributed by atoms with Crippen molar-refractivity contribution < 1.29 is 19.4 Å². The molecule has 5 nitrogen and oxygen atoms in total. The molecule has 0 radical (unpaired) electrons. The first-order valence-corrected chi connectivity index (χ1v) is 7.41. The van der Waals surface area contributed by atoms with Gasteiger partial charge in [0.25, 0.3) is 0 Å². The maximum Gasteiger partial charge on any atom is 0.335 e. The van der Waals surface area contributed by atoms with Crippen molar-refractivity contribution in [3.63, 3.8) is 0 Å². The van der Waals surface area contributed by atoms with E-state index in [0.717, 1.165) is 11.4 Å². The third kappa shape index (κ3) is 4.57. The van der Waals surface area contributed by atoms with Gasteiger partial charge in [-0.15, -0.1) is 0 Å². The second-order valence-electron chi connectivity index (χ2n) is 4.68. The van der Waals surface area contributed by atoms with Gasteiger partial charge in [-0.2, -0.15) is 0 Å². The largest absolute Gasteiger partial charge is 0.494 e. The number of aliphatic imine (C=N–C) groups is 1. The molecule has 0 aliphatic heterocycles. The molecule has 0 heterocycles. The second-order valence-corrected chi connectivity index (χ2v) is 4.68. The summed E-state index contributed by atoms with van der Waals surface area (Å²) in [6.45, 7) is 4.91. The predicted octanol–water partition coefficient (Wildman–Crippen LogP) is 3.93. The average molecular weight is 313 g/mol. The standard InChI is InChI=1S/C18H19NO4/c1-3-22-16-8-6-15(7-9-16)19-12-14-11-13(18(20)21)5-10-17(14)23-4-2/h5-12H,3-4H2,1-2H3,(H,20,21). The molecule has 0 bridgehead atoms. The van der Waals surface area contributed by atoms with Crippen molar-refractivity contribution >= 4 is 17.9 Å². The van der Waals surface area contributed by atoms with E-state index in [1.165, 1.54) is 6.07 Å². The molecule has 1 N–H and O–H groups in total. The van der Waals surface area contributed by atoms with Gasteiger partial charge in [-0.1, -0.05) is 0 Å². The van der Waals surface area contributed by atoms with Crippen molar-refractivity contribution in [1.29, 1.82) is 0 Å². The second kappa shape index (κ2) is 7.98. The molecule has 0 fully saturated rings. The molecule has 0 spiro atoms. The highest BCUT2D eigenvalue weighted by Gasteiger charge is 2.08. The average Bonchev–Trinajstić information content (AvgIpc) is 2.55. The molecule has 120 valence electrons. The van der Waals surface area contributed by atoms with E-state index in [1.807, 2.05) is 38.1 Å². The Hall–Kier alpha value is -2.82. The fourth-order valence-corrected chi connectivity index (χ4v) is 2.01. The topological polar surface area (TPSA) is 68.1 Å². The van der Waals surface area contributed by atoms with Crippen LogP contribution < -0.4 is 9.47 Å². The number of carbonyl (C=O) groups is 1. The van der Waals surface area contributed by atoms with Crippen LogP contribution in [-0.4, -0.2) is 30.5 Å². The number of hydrogen-bond donors (Lipinski definition) is 1. The first-order valence-electron chi connectivity index (χ1n) is 7.41. The molecule has 23 heavy (non-hydrogen) atoms. The number of nitrogens with zero attached hydrogens (tertiary/aromatic N) is 1. The normalized spacial score (nSPS) is 10.7. The summed E-state index contributed by atoms with van der Waals surface area (Å²) in [5.41, 5.74) is 1.57.